The zero-order valence-corrected chi connectivity index (χ0v) is 21.7. The second-order valence-corrected chi connectivity index (χ2v) is 10.9. The molecule has 2 aromatic carbocycles. The van der Waals surface area contributed by atoms with E-state index in [1.165, 1.54) is 17.7 Å². The smallest absolute Gasteiger partial charge is 0.306 e. The van der Waals surface area contributed by atoms with Gasteiger partial charge in [-0.25, -0.2) is 0 Å². The van der Waals surface area contributed by atoms with Gasteiger partial charge >= 0.3 is 5.97 Å². The largest absolute Gasteiger partial charge is 0.461 e. The average Bonchev–Trinajstić information content (AvgIpc) is 3.58. The van der Waals surface area contributed by atoms with Crippen LogP contribution in [0.4, 0.5) is 0 Å². The van der Waals surface area contributed by atoms with Crippen LogP contribution in [0.15, 0.2) is 65.7 Å². The minimum atomic E-state index is -0.480. The molecule has 2 N–H and O–H groups in total. The fourth-order valence-corrected chi connectivity index (χ4v) is 6.11. The van der Waals surface area contributed by atoms with E-state index in [2.05, 4.69) is 16.3 Å². The number of hydrogen-bond acceptors (Lipinski definition) is 7. The Morgan fingerprint density at radius 1 is 1.11 bits per heavy atom. The first kappa shape index (κ1) is 24.0. The molecular formula is C28H26ClN5O2S. The molecule has 0 radical (unpaired) electrons. The lowest BCUT2D eigenvalue weighted by atomic mass is 10.0. The third kappa shape index (κ3) is 4.97. The summed E-state index contributed by atoms with van der Waals surface area (Å²) in [7, 11) is 0. The molecule has 1 aliphatic heterocycles. The summed E-state index contributed by atoms with van der Waals surface area (Å²) in [4.78, 5) is 18.7. The van der Waals surface area contributed by atoms with Crippen LogP contribution in [0.25, 0.3) is 5.00 Å². The van der Waals surface area contributed by atoms with Crippen molar-refractivity contribution in [3.8, 4) is 5.00 Å². The van der Waals surface area contributed by atoms with E-state index in [0.29, 0.717) is 29.7 Å². The van der Waals surface area contributed by atoms with E-state index in [1.54, 1.807) is 11.3 Å². The number of carbonyl (C=O) groups excluding carboxylic acids is 1. The van der Waals surface area contributed by atoms with Crippen LogP contribution in [0, 0.1) is 0 Å². The lowest BCUT2D eigenvalue weighted by molar-refractivity contribution is -0.145. The topological polar surface area (TPSA) is 95.4 Å². The Bertz CT molecular complexity index is 1470. The molecule has 188 valence electrons. The number of aromatic nitrogens is 3. The van der Waals surface area contributed by atoms with Gasteiger partial charge in [-0.1, -0.05) is 60.1 Å². The van der Waals surface area contributed by atoms with Crippen LogP contribution in [0.1, 0.15) is 70.9 Å². The van der Waals surface area contributed by atoms with Crippen molar-refractivity contribution < 1.29 is 9.53 Å². The molecule has 0 saturated heterocycles. The molecule has 0 spiro atoms. The van der Waals surface area contributed by atoms with Gasteiger partial charge < -0.3 is 10.5 Å². The molecular weight excluding hydrogens is 506 g/mol. The highest BCUT2D eigenvalue weighted by atomic mass is 35.5. The normalized spacial score (nSPS) is 15.4. The first-order valence-electron chi connectivity index (χ1n) is 12.4. The molecule has 4 aromatic rings. The SMILES string of the molecule is N[C@H](CCC(=O)OCc1ccccc1)c1nnc2n1-c1sc(C3CC3)cc1C(c1ccccc1Cl)=NC2. The molecule has 1 fully saturated rings. The molecule has 0 amide bonds. The van der Waals surface area contributed by atoms with Crippen LogP contribution < -0.4 is 5.73 Å². The summed E-state index contributed by atoms with van der Waals surface area (Å²) in [5, 5.41) is 10.6. The molecule has 2 aromatic heterocycles. The summed E-state index contributed by atoms with van der Waals surface area (Å²) >= 11 is 8.33. The lowest BCUT2D eigenvalue weighted by Gasteiger charge is -2.14. The van der Waals surface area contributed by atoms with Crippen molar-refractivity contribution in [3.05, 3.63) is 98.9 Å². The summed E-state index contributed by atoms with van der Waals surface area (Å²) in [6.45, 7) is 0.611. The first-order valence-corrected chi connectivity index (χ1v) is 13.6. The number of ether oxygens (including phenoxy) is 1. The number of carbonyl (C=O) groups is 1. The number of fused-ring (bicyclic) bond motifs is 3. The molecule has 6 rings (SSSR count). The molecule has 1 atom stereocenters. The highest BCUT2D eigenvalue weighted by Crippen LogP contribution is 2.46. The molecule has 2 aliphatic rings. The summed E-state index contributed by atoms with van der Waals surface area (Å²) in [5.74, 6) is 1.66. The maximum absolute atomic E-state index is 12.4. The summed E-state index contributed by atoms with van der Waals surface area (Å²) in [6.07, 6.45) is 3.00. The zero-order chi connectivity index (χ0) is 25.4. The van der Waals surface area contributed by atoms with Crippen molar-refractivity contribution >= 4 is 34.6 Å². The van der Waals surface area contributed by atoms with Gasteiger partial charge in [0.05, 0.1) is 11.8 Å². The highest BCUT2D eigenvalue weighted by molar-refractivity contribution is 7.15. The Kier molecular flexibility index (Phi) is 6.63. The van der Waals surface area contributed by atoms with Crippen LogP contribution in [-0.4, -0.2) is 26.4 Å². The van der Waals surface area contributed by atoms with E-state index < -0.39 is 6.04 Å². The Labute approximate surface area is 224 Å². The molecule has 0 bridgehead atoms. The van der Waals surface area contributed by atoms with Crippen molar-refractivity contribution in [1.29, 1.82) is 0 Å². The van der Waals surface area contributed by atoms with Gasteiger partial charge in [0.1, 0.15) is 18.2 Å². The first-order chi connectivity index (χ1) is 18.1. The average molecular weight is 532 g/mol. The van der Waals surface area contributed by atoms with Crippen molar-refractivity contribution in [2.45, 2.75) is 50.8 Å². The van der Waals surface area contributed by atoms with Gasteiger partial charge in [-0.05, 0) is 42.9 Å². The van der Waals surface area contributed by atoms with Crippen LogP contribution >= 0.6 is 22.9 Å². The van der Waals surface area contributed by atoms with Gasteiger partial charge in [-0.2, -0.15) is 0 Å². The van der Waals surface area contributed by atoms with Crippen molar-refractivity contribution in [1.82, 2.24) is 14.8 Å². The molecule has 0 unspecified atom stereocenters. The van der Waals surface area contributed by atoms with Gasteiger partial charge in [0.15, 0.2) is 11.6 Å². The van der Waals surface area contributed by atoms with E-state index >= 15 is 0 Å². The number of hydrogen-bond donors (Lipinski definition) is 1. The predicted octanol–water partition coefficient (Wildman–Crippen LogP) is 5.73. The maximum atomic E-state index is 12.4. The maximum Gasteiger partial charge on any atom is 0.306 e. The standard InChI is InChI=1S/C28H26ClN5O2S/c29-21-9-5-4-8-19(21)26-20-14-23(18-10-11-18)37-28(20)34-24(15-31-26)32-33-27(34)22(30)12-13-25(35)36-16-17-6-2-1-3-7-17/h1-9,14,18,22H,10-13,15-16,30H2/t22-/m1/s1. The van der Waals surface area contributed by atoms with Gasteiger partial charge in [-0.3, -0.25) is 14.4 Å². The van der Waals surface area contributed by atoms with Crippen LogP contribution in [-0.2, 0) is 22.7 Å². The van der Waals surface area contributed by atoms with E-state index in [1.807, 2.05) is 59.2 Å². The minimum Gasteiger partial charge on any atom is -0.461 e. The van der Waals surface area contributed by atoms with Crippen molar-refractivity contribution in [2.24, 2.45) is 10.7 Å². The van der Waals surface area contributed by atoms with Crippen molar-refractivity contribution in [2.75, 3.05) is 0 Å². The summed E-state index contributed by atoms with van der Waals surface area (Å²) in [5.41, 5.74) is 10.3. The molecule has 37 heavy (non-hydrogen) atoms. The summed E-state index contributed by atoms with van der Waals surface area (Å²) < 4.78 is 7.47. The van der Waals surface area contributed by atoms with Gasteiger partial charge in [0.2, 0.25) is 0 Å². The summed E-state index contributed by atoms with van der Waals surface area (Å²) in [6, 6.07) is 19.2. The molecule has 1 aliphatic carbocycles. The second-order valence-electron chi connectivity index (χ2n) is 9.39. The third-order valence-electron chi connectivity index (χ3n) is 6.67. The number of nitrogens with two attached hydrogens (primary N) is 1. The number of rotatable bonds is 8. The van der Waals surface area contributed by atoms with Crippen LogP contribution in [0.5, 0.6) is 0 Å². The number of thiophene rings is 1. The molecule has 9 heteroatoms. The number of halogens is 1. The lowest BCUT2D eigenvalue weighted by Crippen LogP contribution is -2.19. The predicted molar refractivity (Wildman–Crippen MR) is 144 cm³/mol. The Morgan fingerprint density at radius 2 is 1.89 bits per heavy atom. The zero-order valence-electron chi connectivity index (χ0n) is 20.1. The van der Waals surface area contributed by atoms with Gasteiger partial charge in [-0.15, -0.1) is 21.5 Å². The Balaban J connectivity index is 1.26. The number of nitrogens with zero attached hydrogens (tertiary/aromatic N) is 4. The van der Waals surface area contributed by atoms with Gasteiger partial charge in [0, 0.05) is 27.4 Å². The monoisotopic (exact) mass is 531 g/mol. The fraction of sp³-hybridized carbons (Fsp3) is 0.286. The second kappa shape index (κ2) is 10.2. The quantitative estimate of drug-likeness (QED) is 0.293. The Morgan fingerprint density at radius 3 is 2.68 bits per heavy atom. The number of aliphatic imine (C=N–C) groups is 1. The fourth-order valence-electron chi connectivity index (χ4n) is 4.53. The van der Waals surface area contributed by atoms with E-state index in [9.17, 15) is 4.79 Å². The van der Waals surface area contributed by atoms with Crippen molar-refractivity contribution in [3.63, 3.8) is 0 Å². The highest BCUT2D eigenvalue weighted by Gasteiger charge is 2.32. The molecule has 1 saturated carbocycles. The minimum absolute atomic E-state index is 0.197. The van der Waals surface area contributed by atoms with Crippen LogP contribution in [0.2, 0.25) is 5.02 Å². The Hall–Kier alpha value is -3.33. The van der Waals surface area contributed by atoms with E-state index in [-0.39, 0.29) is 19.0 Å². The molecule has 7 nitrogen and oxygen atoms in total. The van der Waals surface area contributed by atoms with E-state index in [4.69, 9.17) is 27.1 Å². The third-order valence-corrected chi connectivity index (χ3v) is 8.28. The number of benzene rings is 2. The van der Waals surface area contributed by atoms with E-state index in [0.717, 1.165) is 33.2 Å². The van der Waals surface area contributed by atoms with Gasteiger partial charge in [0.25, 0.3) is 0 Å². The number of esters is 1. The van der Waals surface area contributed by atoms with Crippen LogP contribution in [0.3, 0.4) is 0 Å². The molecule has 3 heterocycles.